The molecule has 1 atom stereocenters. The van der Waals surface area contributed by atoms with Gasteiger partial charge in [-0.25, -0.2) is 0 Å². The molecule has 3 rings (SSSR count). The molecule has 0 aromatic heterocycles. The van der Waals surface area contributed by atoms with Crippen molar-refractivity contribution in [3.05, 3.63) is 53.6 Å². The standard InChI is InChI=1S/C16H13N3OS/c17-9-10-5-6-13(12(18)7-10)19-16(20)15-8-11-3-1-2-4-14(11)21-15/h1-7,15H,8,18H2,(H,19,20). The SMILES string of the molecule is N#Cc1ccc(NC(=O)C2Cc3ccccc3S2)c(N)c1. The highest BCUT2D eigenvalue weighted by Gasteiger charge is 2.28. The summed E-state index contributed by atoms with van der Waals surface area (Å²) in [6.07, 6.45) is 0.725. The summed E-state index contributed by atoms with van der Waals surface area (Å²) in [5.74, 6) is -0.0624. The number of benzene rings is 2. The molecule has 0 bridgehead atoms. The highest BCUT2D eigenvalue weighted by atomic mass is 32.2. The lowest BCUT2D eigenvalue weighted by Gasteiger charge is -2.12. The van der Waals surface area contributed by atoms with Crippen LogP contribution in [0, 0.1) is 11.3 Å². The van der Waals surface area contributed by atoms with Gasteiger partial charge in [0, 0.05) is 4.90 Å². The molecule has 1 amide bonds. The number of rotatable bonds is 2. The van der Waals surface area contributed by atoms with E-state index >= 15 is 0 Å². The fourth-order valence-corrected chi connectivity index (χ4v) is 3.48. The minimum Gasteiger partial charge on any atom is -0.397 e. The highest BCUT2D eigenvalue weighted by molar-refractivity contribution is 8.01. The lowest BCUT2D eigenvalue weighted by molar-refractivity contribution is -0.115. The van der Waals surface area contributed by atoms with E-state index in [2.05, 4.69) is 5.32 Å². The molecule has 0 spiro atoms. The van der Waals surface area contributed by atoms with E-state index in [0.717, 1.165) is 11.3 Å². The number of nitrogens with one attached hydrogen (secondary N) is 1. The van der Waals surface area contributed by atoms with E-state index < -0.39 is 0 Å². The molecular formula is C16H13N3OS. The van der Waals surface area contributed by atoms with Crippen LogP contribution in [0.1, 0.15) is 11.1 Å². The molecule has 0 aliphatic carbocycles. The second-order valence-electron chi connectivity index (χ2n) is 4.82. The van der Waals surface area contributed by atoms with Crippen LogP contribution < -0.4 is 11.1 Å². The monoisotopic (exact) mass is 295 g/mol. The minimum atomic E-state index is -0.141. The van der Waals surface area contributed by atoms with E-state index in [1.807, 2.05) is 30.3 Å². The Hall–Kier alpha value is -2.45. The van der Waals surface area contributed by atoms with Gasteiger partial charge in [-0.3, -0.25) is 4.79 Å². The summed E-state index contributed by atoms with van der Waals surface area (Å²) in [7, 11) is 0. The molecule has 1 heterocycles. The number of nitrogens with two attached hydrogens (primary N) is 1. The molecule has 4 nitrogen and oxygen atoms in total. The van der Waals surface area contributed by atoms with Crippen LogP contribution in [0.3, 0.4) is 0 Å². The average molecular weight is 295 g/mol. The van der Waals surface area contributed by atoms with Crippen molar-refractivity contribution in [2.45, 2.75) is 16.6 Å². The van der Waals surface area contributed by atoms with Crippen LogP contribution in [0.25, 0.3) is 0 Å². The van der Waals surface area contributed by atoms with E-state index in [9.17, 15) is 4.79 Å². The first-order valence-corrected chi connectivity index (χ1v) is 7.40. The summed E-state index contributed by atoms with van der Waals surface area (Å²) in [6, 6.07) is 14.9. The summed E-state index contributed by atoms with van der Waals surface area (Å²) in [5, 5.41) is 11.5. The number of amides is 1. The van der Waals surface area contributed by atoms with Crippen LogP contribution in [0.15, 0.2) is 47.4 Å². The van der Waals surface area contributed by atoms with Crippen LogP contribution >= 0.6 is 11.8 Å². The first-order valence-electron chi connectivity index (χ1n) is 6.52. The van der Waals surface area contributed by atoms with Crippen molar-refractivity contribution in [1.82, 2.24) is 0 Å². The van der Waals surface area contributed by atoms with Crippen molar-refractivity contribution in [3.63, 3.8) is 0 Å². The summed E-state index contributed by atoms with van der Waals surface area (Å²) < 4.78 is 0. The molecule has 5 heteroatoms. The van der Waals surface area contributed by atoms with Crippen molar-refractivity contribution in [1.29, 1.82) is 5.26 Å². The molecule has 0 radical (unpaired) electrons. The second kappa shape index (κ2) is 5.51. The minimum absolute atomic E-state index is 0.0624. The molecule has 1 unspecified atom stereocenters. The van der Waals surface area contributed by atoms with Gasteiger partial charge < -0.3 is 11.1 Å². The van der Waals surface area contributed by atoms with Gasteiger partial charge in [-0.1, -0.05) is 18.2 Å². The number of nitriles is 1. The Morgan fingerprint density at radius 2 is 2.14 bits per heavy atom. The zero-order valence-corrected chi connectivity index (χ0v) is 12.0. The predicted octanol–water partition coefficient (Wildman–Crippen LogP) is 2.80. The van der Waals surface area contributed by atoms with Crippen molar-refractivity contribution < 1.29 is 4.79 Å². The maximum absolute atomic E-state index is 12.3. The van der Waals surface area contributed by atoms with Crippen molar-refractivity contribution in [2.75, 3.05) is 11.1 Å². The lowest BCUT2D eigenvalue weighted by atomic mass is 10.1. The number of hydrogen-bond donors (Lipinski definition) is 2. The number of carbonyl (C=O) groups excluding carboxylic acids is 1. The maximum atomic E-state index is 12.3. The van der Waals surface area contributed by atoms with Crippen molar-refractivity contribution >= 4 is 29.0 Å². The van der Waals surface area contributed by atoms with Crippen LogP contribution in [0.2, 0.25) is 0 Å². The molecule has 1 aliphatic rings. The van der Waals surface area contributed by atoms with Crippen LogP contribution in [0.4, 0.5) is 11.4 Å². The summed E-state index contributed by atoms with van der Waals surface area (Å²) in [5.41, 5.74) is 8.50. The van der Waals surface area contributed by atoms with Crippen LogP contribution in [0.5, 0.6) is 0 Å². The topological polar surface area (TPSA) is 78.9 Å². The third-order valence-electron chi connectivity index (χ3n) is 3.38. The van der Waals surface area contributed by atoms with Gasteiger partial charge in [0.25, 0.3) is 0 Å². The Balaban J connectivity index is 1.73. The molecule has 0 saturated carbocycles. The fourth-order valence-electron chi connectivity index (χ4n) is 2.29. The number of nitrogens with zero attached hydrogens (tertiary/aromatic N) is 1. The number of fused-ring (bicyclic) bond motifs is 1. The summed E-state index contributed by atoms with van der Waals surface area (Å²) >= 11 is 1.57. The molecule has 104 valence electrons. The largest absolute Gasteiger partial charge is 0.397 e. The third kappa shape index (κ3) is 2.71. The molecule has 0 saturated heterocycles. The van der Waals surface area contributed by atoms with E-state index in [4.69, 9.17) is 11.0 Å². The third-order valence-corrected chi connectivity index (χ3v) is 4.70. The second-order valence-corrected chi connectivity index (χ2v) is 6.07. The van der Waals surface area contributed by atoms with Gasteiger partial charge in [-0.05, 0) is 36.2 Å². The van der Waals surface area contributed by atoms with Gasteiger partial charge in [-0.2, -0.15) is 5.26 Å². The van der Waals surface area contributed by atoms with Gasteiger partial charge in [0.2, 0.25) is 5.91 Å². The lowest BCUT2D eigenvalue weighted by Crippen LogP contribution is -2.25. The Bertz CT molecular complexity index is 726. The summed E-state index contributed by atoms with van der Waals surface area (Å²) in [4.78, 5) is 13.5. The van der Waals surface area contributed by atoms with E-state index in [1.165, 1.54) is 5.56 Å². The normalized spacial score (nSPS) is 16.0. The highest BCUT2D eigenvalue weighted by Crippen LogP contribution is 2.37. The predicted molar refractivity (Wildman–Crippen MR) is 84.0 cm³/mol. The zero-order chi connectivity index (χ0) is 14.8. The van der Waals surface area contributed by atoms with Gasteiger partial charge in [0.05, 0.1) is 28.3 Å². The maximum Gasteiger partial charge on any atom is 0.238 e. The smallest absolute Gasteiger partial charge is 0.238 e. The first kappa shape index (κ1) is 13.5. The van der Waals surface area contributed by atoms with E-state index in [0.29, 0.717) is 16.9 Å². The number of anilines is 2. The summed E-state index contributed by atoms with van der Waals surface area (Å²) in [6.45, 7) is 0. The number of carbonyl (C=O) groups is 1. The molecule has 2 aromatic rings. The van der Waals surface area contributed by atoms with Crippen molar-refractivity contribution in [2.24, 2.45) is 0 Å². The molecular weight excluding hydrogens is 282 g/mol. The Kier molecular flexibility index (Phi) is 3.55. The molecule has 21 heavy (non-hydrogen) atoms. The quantitative estimate of drug-likeness (QED) is 0.835. The Morgan fingerprint density at radius 3 is 2.86 bits per heavy atom. The first-order chi connectivity index (χ1) is 10.2. The molecule has 0 fully saturated rings. The van der Waals surface area contributed by atoms with Crippen LogP contribution in [-0.2, 0) is 11.2 Å². The van der Waals surface area contributed by atoms with Crippen molar-refractivity contribution in [3.8, 4) is 6.07 Å². The van der Waals surface area contributed by atoms with E-state index in [1.54, 1.807) is 30.0 Å². The van der Waals surface area contributed by atoms with Gasteiger partial charge in [-0.15, -0.1) is 11.8 Å². The molecule has 1 aliphatic heterocycles. The number of hydrogen-bond acceptors (Lipinski definition) is 4. The van der Waals surface area contributed by atoms with Gasteiger partial charge in [0.15, 0.2) is 0 Å². The Morgan fingerprint density at radius 1 is 1.33 bits per heavy atom. The zero-order valence-electron chi connectivity index (χ0n) is 11.2. The van der Waals surface area contributed by atoms with Gasteiger partial charge >= 0.3 is 0 Å². The van der Waals surface area contributed by atoms with Gasteiger partial charge in [0.1, 0.15) is 0 Å². The fraction of sp³-hybridized carbons (Fsp3) is 0.125. The average Bonchev–Trinajstić information content (AvgIpc) is 2.93. The Labute approximate surface area is 127 Å². The van der Waals surface area contributed by atoms with Crippen LogP contribution in [-0.4, -0.2) is 11.2 Å². The molecule has 3 N–H and O–H groups in total. The number of thioether (sulfide) groups is 1. The molecule has 2 aromatic carbocycles. The van der Waals surface area contributed by atoms with E-state index in [-0.39, 0.29) is 11.2 Å². The number of nitrogen functional groups attached to an aromatic ring is 1.